The highest BCUT2D eigenvalue weighted by Gasteiger charge is 2.33. The van der Waals surface area contributed by atoms with Crippen LogP contribution in [0.2, 0.25) is 5.02 Å². The molecule has 0 atom stereocenters. The third kappa shape index (κ3) is 1.68. The average molecular weight is 299 g/mol. The van der Waals surface area contributed by atoms with Crippen LogP contribution in [-0.4, -0.2) is 16.7 Å². The van der Waals surface area contributed by atoms with E-state index in [-0.39, 0.29) is 22.8 Å². The lowest BCUT2D eigenvalue weighted by atomic mass is 9.93. The van der Waals surface area contributed by atoms with Crippen molar-refractivity contribution in [1.82, 2.24) is 5.16 Å². The number of allylic oxidation sites excluding steroid dienone is 3. The van der Waals surface area contributed by atoms with Crippen LogP contribution >= 0.6 is 11.6 Å². The van der Waals surface area contributed by atoms with E-state index < -0.39 is 0 Å². The number of rotatable bonds is 0. The Labute approximate surface area is 123 Å². The summed E-state index contributed by atoms with van der Waals surface area (Å²) < 4.78 is 4.89. The summed E-state index contributed by atoms with van der Waals surface area (Å²) in [6, 6.07) is 4.93. The number of Topliss-reactive ketones (excluding diaryl/α,β-unsaturated/α-hetero) is 1. The normalized spacial score (nSPS) is 19.5. The molecule has 2 aromatic rings. The number of carbonyl (C=O) groups is 2. The molecule has 21 heavy (non-hydrogen) atoms. The molecule has 1 N–H and O–H groups in total. The van der Waals surface area contributed by atoms with Gasteiger partial charge in [0.2, 0.25) is 5.78 Å². The molecule has 1 aliphatic heterocycles. The molecule has 0 unspecified atom stereocenters. The molecule has 0 radical (unpaired) electrons. The molecule has 102 valence electrons. The summed E-state index contributed by atoms with van der Waals surface area (Å²) in [5, 5.41) is 7.28. The highest BCUT2D eigenvalue weighted by Crippen LogP contribution is 2.36. The molecule has 0 bridgehead atoms. The van der Waals surface area contributed by atoms with Crippen LogP contribution in [0.4, 0.5) is 5.69 Å². The molecule has 0 amide bonds. The van der Waals surface area contributed by atoms with Gasteiger partial charge in [-0.15, -0.1) is 0 Å². The zero-order valence-corrected chi connectivity index (χ0v) is 11.3. The molecule has 0 spiro atoms. The van der Waals surface area contributed by atoms with Crippen LogP contribution in [0.5, 0.6) is 0 Å². The Hall–Kier alpha value is -2.66. The van der Waals surface area contributed by atoms with Crippen molar-refractivity contribution in [3.63, 3.8) is 0 Å². The summed E-state index contributed by atoms with van der Waals surface area (Å²) in [6.07, 6.45) is 4.30. The molecular weight excluding hydrogens is 292 g/mol. The van der Waals surface area contributed by atoms with E-state index in [1.807, 2.05) is 0 Å². The first-order valence-corrected chi connectivity index (χ1v) is 6.55. The van der Waals surface area contributed by atoms with Gasteiger partial charge in [-0.25, -0.2) is 0 Å². The summed E-state index contributed by atoms with van der Waals surface area (Å²) in [7, 11) is 0. The van der Waals surface area contributed by atoms with Gasteiger partial charge in [0, 0.05) is 10.6 Å². The van der Waals surface area contributed by atoms with Crippen LogP contribution in [0.1, 0.15) is 21.6 Å². The minimum Gasteiger partial charge on any atom is -0.363 e. The molecule has 6 heteroatoms. The van der Waals surface area contributed by atoms with E-state index in [0.29, 0.717) is 27.5 Å². The van der Waals surface area contributed by atoms with Crippen molar-refractivity contribution in [2.75, 3.05) is 5.32 Å². The maximum absolute atomic E-state index is 12.5. The van der Waals surface area contributed by atoms with Crippen molar-refractivity contribution in [1.29, 1.82) is 0 Å². The van der Waals surface area contributed by atoms with E-state index in [9.17, 15) is 9.59 Å². The molecule has 4 rings (SSSR count). The maximum Gasteiger partial charge on any atom is 0.212 e. The number of nitrogens with one attached hydrogen (secondary N) is 1. The molecule has 2 heterocycles. The maximum atomic E-state index is 12.5. The average Bonchev–Trinajstić information content (AvgIpc) is 3.04. The number of hydrogen-bond acceptors (Lipinski definition) is 5. The van der Waals surface area contributed by atoms with Crippen molar-refractivity contribution in [2.24, 2.45) is 0 Å². The first-order chi connectivity index (χ1) is 10.1. The highest BCUT2D eigenvalue weighted by atomic mass is 35.5. The van der Waals surface area contributed by atoms with Crippen molar-refractivity contribution in [2.45, 2.75) is 0 Å². The lowest BCUT2D eigenvalue weighted by Crippen LogP contribution is -2.12. The summed E-state index contributed by atoms with van der Waals surface area (Å²) in [4.78, 5) is 24.7. The summed E-state index contributed by atoms with van der Waals surface area (Å²) in [5.41, 5.74) is 2.62. The summed E-state index contributed by atoms with van der Waals surface area (Å²) in [6.45, 7) is 0. The fourth-order valence-corrected chi connectivity index (χ4v) is 2.67. The number of hydrogen-bond donors (Lipinski definition) is 1. The van der Waals surface area contributed by atoms with Crippen molar-refractivity contribution in [3.05, 3.63) is 58.1 Å². The zero-order chi connectivity index (χ0) is 14.6. The Bertz CT molecular complexity index is 877. The van der Waals surface area contributed by atoms with E-state index >= 15 is 0 Å². The van der Waals surface area contributed by atoms with E-state index in [1.165, 1.54) is 12.3 Å². The van der Waals surface area contributed by atoms with Gasteiger partial charge in [0.05, 0.1) is 22.5 Å². The van der Waals surface area contributed by atoms with Gasteiger partial charge in [0.25, 0.3) is 0 Å². The fourth-order valence-electron chi connectivity index (χ4n) is 2.50. The predicted octanol–water partition coefficient (Wildman–Crippen LogP) is 2.94. The zero-order valence-electron chi connectivity index (χ0n) is 10.5. The van der Waals surface area contributed by atoms with Crippen molar-refractivity contribution < 1.29 is 14.1 Å². The fraction of sp³-hybridized carbons (Fsp3) is 0. The van der Waals surface area contributed by atoms with Gasteiger partial charge in [-0.1, -0.05) is 16.8 Å². The van der Waals surface area contributed by atoms with Crippen LogP contribution in [0.3, 0.4) is 0 Å². The van der Waals surface area contributed by atoms with Crippen molar-refractivity contribution >= 4 is 40.5 Å². The third-order valence-corrected chi connectivity index (χ3v) is 3.70. The molecular formula is C15H7ClN2O3. The second kappa shape index (κ2) is 4.17. The van der Waals surface area contributed by atoms with Gasteiger partial charge in [-0.05, 0) is 30.4 Å². The topological polar surface area (TPSA) is 72.2 Å². The summed E-state index contributed by atoms with van der Waals surface area (Å²) in [5.74, 6) is -0.507. The monoisotopic (exact) mass is 298 g/mol. The summed E-state index contributed by atoms with van der Waals surface area (Å²) >= 11 is 5.93. The Kier molecular flexibility index (Phi) is 2.40. The minimum atomic E-state index is -0.263. The number of anilines is 1. The third-order valence-electron chi connectivity index (χ3n) is 3.47. The van der Waals surface area contributed by atoms with Gasteiger partial charge in [-0.3, -0.25) is 9.59 Å². The number of benzene rings is 1. The number of fused-ring (bicyclic) bond motifs is 2. The SMILES string of the molecule is O=C1C=Cc2nocc2/C1=C1/Nc2cc(Cl)ccc2C1=O. The van der Waals surface area contributed by atoms with E-state index in [2.05, 4.69) is 10.5 Å². The van der Waals surface area contributed by atoms with Crippen LogP contribution in [0.25, 0.3) is 11.6 Å². The van der Waals surface area contributed by atoms with Crippen LogP contribution in [0.15, 0.2) is 40.8 Å². The molecule has 1 aromatic heterocycles. The molecule has 1 aromatic carbocycles. The smallest absolute Gasteiger partial charge is 0.212 e. The highest BCUT2D eigenvalue weighted by molar-refractivity contribution is 6.38. The molecule has 5 nitrogen and oxygen atoms in total. The molecule has 0 saturated carbocycles. The number of aromatic nitrogens is 1. The number of halogens is 1. The van der Waals surface area contributed by atoms with Gasteiger partial charge >= 0.3 is 0 Å². The number of carbonyl (C=O) groups excluding carboxylic acids is 2. The standard InChI is InChI=1S/C15H7ClN2O3/c16-7-1-2-8-11(5-7)17-14(15(8)20)13-9-6-21-18-10(9)3-4-12(13)19/h1-6,17H/b14-13-. The Morgan fingerprint density at radius 2 is 2.00 bits per heavy atom. The van der Waals surface area contributed by atoms with E-state index in [0.717, 1.165) is 0 Å². The largest absolute Gasteiger partial charge is 0.363 e. The second-order valence-electron chi connectivity index (χ2n) is 4.71. The first kappa shape index (κ1) is 12.1. The minimum absolute atomic E-state index is 0.228. The van der Waals surface area contributed by atoms with E-state index in [4.69, 9.17) is 16.1 Å². The number of ketones is 2. The van der Waals surface area contributed by atoms with Crippen LogP contribution < -0.4 is 5.32 Å². The van der Waals surface area contributed by atoms with E-state index in [1.54, 1.807) is 24.3 Å². The molecule has 1 aliphatic carbocycles. The Morgan fingerprint density at radius 3 is 2.86 bits per heavy atom. The Balaban J connectivity index is 1.94. The van der Waals surface area contributed by atoms with Gasteiger partial charge in [0.1, 0.15) is 12.0 Å². The quantitative estimate of drug-likeness (QED) is 0.757. The lowest BCUT2D eigenvalue weighted by molar-refractivity contribution is -0.109. The predicted molar refractivity (Wildman–Crippen MR) is 76.9 cm³/mol. The lowest BCUT2D eigenvalue weighted by Gasteiger charge is -2.10. The second-order valence-corrected chi connectivity index (χ2v) is 5.14. The first-order valence-electron chi connectivity index (χ1n) is 6.18. The molecule has 0 saturated heterocycles. The van der Waals surface area contributed by atoms with Crippen LogP contribution in [0, 0.1) is 0 Å². The van der Waals surface area contributed by atoms with Gasteiger partial charge in [-0.2, -0.15) is 0 Å². The van der Waals surface area contributed by atoms with Gasteiger partial charge < -0.3 is 9.84 Å². The molecule has 0 fully saturated rings. The molecule has 2 aliphatic rings. The van der Waals surface area contributed by atoms with Crippen LogP contribution in [-0.2, 0) is 4.79 Å². The Morgan fingerprint density at radius 1 is 1.14 bits per heavy atom. The van der Waals surface area contributed by atoms with Gasteiger partial charge in [0.15, 0.2) is 5.78 Å². The number of nitrogens with zero attached hydrogens (tertiary/aromatic N) is 1. The van der Waals surface area contributed by atoms with Crippen molar-refractivity contribution in [3.8, 4) is 0 Å².